The second-order valence-electron chi connectivity index (χ2n) is 6.87. The van der Waals surface area contributed by atoms with Crippen molar-refractivity contribution in [3.8, 4) is 0 Å². The van der Waals surface area contributed by atoms with Gasteiger partial charge in [0.05, 0.1) is 5.75 Å². The van der Waals surface area contributed by atoms with Gasteiger partial charge in [-0.1, -0.05) is 12.8 Å². The molecule has 0 spiro atoms. The van der Waals surface area contributed by atoms with Gasteiger partial charge in [0.2, 0.25) is 10.0 Å². The van der Waals surface area contributed by atoms with Gasteiger partial charge >= 0.3 is 0 Å². The molecule has 0 radical (unpaired) electrons. The highest BCUT2D eigenvalue weighted by atomic mass is 32.2. The molecule has 0 aromatic rings. The van der Waals surface area contributed by atoms with Crippen LogP contribution >= 0.6 is 0 Å². The van der Waals surface area contributed by atoms with Crippen molar-refractivity contribution in [2.24, 2.45) is 0 Å². The summed E-state index contributed by atoms with van der Waals surface area (Å²) in [6.45, 7) is 3.24. The topological polar surface area (TPSA) is 61.4 Å². The first-order chi connectivity index (χ1) is 10.1. The average Bonchev–Trinajstić information content (AvgIpc) is 2.89. The van der Waals surface area contributed by atoms with Crippen LogP contribution in [0.15, 0.2) is 0 Å². The van der Waals surface area contributed by atoms with E-state index in [0.29, 0.717) is 12.1 Å². The van der Waals surface area contributed by atoms with E-state index in [1.807, 2.05) is 0 Å². The maximum atomic E-state index is 12.3. The highest BCUT2D eigenvalue weighted by Gasteiger charge is 2.37. The fourth-order valence-electron chi connectivity index (χ4n) is 4.14. The number of rotatable bonds is 5. The second kappa shape index (κ2) is 6.94. The quantitative estimate of drug-likeness (QED) is 0.796. The van der Waals surface area contributed by atoms with Gasteiger partial charge in [0.1, 0.15) is 0 Å². The summed E-state index contributed by atoms with van der Waals surface area (Å²) in [6, 6.07) is 0.987. The Hall–Kier alpha value is -0.170. The molecule has 0 saturated carbocycles. The summed E-state index contributed by atoms with van der Waals surface area (Å²) in [7, 11) is -3.13. The first kappa shape index (κ1) is 15.7. The molecular weight excluding hydrogens is 286 g/mol. The minimum absolute atomic E-state index is 0.148. The lowest BCUT2D eigenvalue weighted by atomic mass is 10.00. The maximum Gasteiger partial charge on any atom is 0.211 e. The molecule has 2 N–H and O–H groups in total. The van der Waals surface area contributed by atoms with E-state index in [2.05, 4.69) is 14.9 Å². The van der Waals surface area contributed by atoms with E-state index >= 15 is 0 Å². The van der Waals surface area contributed by atoms with Crippen molar-refractivity contribution in [1.29, 1.82) is 0 Å². The van der Waals surface area contributed by atoms with Gasteiger partial charge in [-0.3, -0.25) is 4.90 Å². The molecule has 3 heterocycles. The first-order valence-electron chi connectivity index (χ1n) is 8.61. The Morgan fingerprint density at radius 3 is 2.71 bits per heavy atom. The number of nitrogens with zero attached hydrogens (tertiary/aromatic N) is 1. The molecule has 3 unspecified atom stereocenters. The Labute approximate surface area is 128 Å². The first-order valence-corrected chi connectivity index (χ1v) is 10.3. The summed E-state index contributed by atoms with van der Waals surface area (Å²) >= 11 is 0. The van der Waals surface area contributed by atoms with Crippen molar-refractivity contribution >= 4 is 10.0 Å². The predicted molar refractivity (Wildman–Crippen MR) is 84.8 cm³/mol. The zero-order valence-electron chi connectivity index (χ0n) is 12.9. The maximum absolute atomic E-state index is 12.3. The molecule has 0 aromatic heterocycles. The summed E-state index contributed by atoms with van der Waals surface area (Å²) in [5, 5.41) is 3.43. The Kier molecular flexibility index (Phi) is 5.19. The van der Waals surface area contributed by atoms with E-state index in [9.17, 15) is 8.42 Å². The second-order valence-corrected chi connectivity index (χ2v) is 8.74. The average molecular weight is 315 g/mol. The summed E-state index contributed by atoms with van der Waals surface area (Å²) < 4.78 is 27.7. The van der Waals surface area contributed by atoms with Crippen LogP contribution in [-0.2, 0) is 10.0 Å². The normalized spacial score (nSPS) is 34.8. The van der Waals surface area contributed by atoms with Gasteiger partial charge in [0.15, 0.2) is 0 Å². The van der Waals surface area contributed by atoms with E-state index in [1.54, 1.807) is 0 Å². The van der Waals surface area contributed by atoms with Gasteiger partial charge in [-0.15, -0.1) is 0 Å². The smallest absolute Gasteiger partial charge is 0.211 e. The molecule has 122 valence electrons. The van der Waals surface area contributed by atoms with Gasteiger partial charge in [0.25, 0.3) is 0 Å². The van der Waals surface area contributed by atoms with Crippen LogP contribution in [0.4, 0.5) is 0 Å². The number of piperidine rings is 2. The van der Waals surface area contributed by atoms with Crippen LogP contribution in [0.1, 0.15) is 51.4 Å². The van der Waals surface area contributed by atoms with Crippen LogP contribution in [0.2, 0.25) is 0 Å². The van der Waals surface area contributed by atoms with Crippen LogP contribution in [0, 0.1) is 0 Å². The fraction of sp³-hybridized carbons (Fsp3) is 1.00. The van der Waals surface area contributed by atoms with Crippen LogP contribution in [0.5, 0.6) is 0 Å². The Bertz CT molecular complexity index is 434. The predicted octanol–water partition coefficient (Wildman–Crippen LogP) is 1.06. The molecule has 3 saturated heterocycles. The summed E-state index contributed by atoms with van der Waals surface area (Å²) in [4.78, 5) is 2.47. The number of sulfonamides is 1. The lowest BCUT2D eigenvalue weighted by molar-refractivity contribution is 0.186. The SMILES string of the molecule is O=S(=O)(CCC1CCCCN1)NC1CCN2CCCCC12. The zero-order valence-corrected chi connectivity index (χ0v) is 13.7. The van der Waals surface area contributed by atoms with Crippen LogP contribution in [-0.4, -0.2) is 56.8 Å². The summed E-state index contributed by atoms with van der Waals surface area (Å²) in [6.07, 6.45) is 8.95. The Morgan fingerprint density at radius 2 is 1.90 bits per heavy atom. The van der Waals surface area contributed by atoms with Crippen molar-refractivity contribution < 1.29 is 8.42 Å². The highest BCUT2D eigenvalue weighted by Crippen LogP contribution is 2.27. The van der Waals surface area contributed by atoms with Crippen molar-refractivity contribution in [1.82, 2.24) is 14.9 Å². The molecule has 0 aromatic carbocycles. The fourth-order valence-corrected chi connectivity index (χ4v) is 5.59. The Morgan fingerprint density at radius 1 is 1.05 bits per heavy atom. The van der Waals surface area contributed by atoms with Gasteiger partial charge < -0.3 is 5.32 Å². The molecule has 5 nitrogen and oxygen atoms in total. The van der Waals surface area contributed by atoms with Gasteiger partial charge in [-0.2, -0.15) is 0 Å². The number of hydrogen-bond acceptors (Lipinski definition) is 4. The largest absolute Gasteiger partial charge is 0.314 e. The highest BCUT2D eigenvalue weighted by molar-refractivity contribution is 7.89. The molecule has 21 heavy (non-hydrogen) atoms. The Balaban J connectivity index is 1.48. The lowest BCUT2D eigenvalue weighted by Crippen LogP contribution is -2.47. The third kappa shape index (κ3) is 4.18. The van der Waals surface area contributed by atoms with Crippen LogP contribution in [0.25, 0.3) is 0 Å². The molecule has 0 amide bonds. The van der Waals surface area contributed by atoms with E-state index in [-0.39, 0.29) is 11.8 Å². The summed E-state index contributed by atoms with van der Waals surface area (Å²) in [5.74, 6) is 0.272. The van der Waals surface area contributed by atoms with Gasteiger partial charge in [-0.25, -0.2) is 13.1 Å². The van der Waals surface area contributed by atoms with E-state index in [1.165, 1.54) is 25.7 Å². The molecule has 3 rings (SSSR count). The standard InChI is InChI=1S/C15H29N3O2S/c19-21(20,12-8-13-5-1-3-9-16-13)17-14-7-11-18-10-4-2-6-15(14)18/h13-17H,1-12H2. The minimum Gasteiger partial charge on any atom is -0.314 e. The van der Waals surface area contributed by atoms with E-state index in [4.69, 9.17) is 0 Å². The third-order valence-corrected chi connectivity index (χ3v) is 6.77. The van der Waals surface area contributed by atoms with Crippen molar-refractivity contribution in [3.05, 3.63) is 0 Å². The zero-order chi connectivity index (χ0) is 14.7. The molecule has 3 aliphatic rings. The van der Waals surface area contributed by atoms with E-state index < -0.39 is 10.0 Å². The molecule has 3 fully saturated rings. The number of hydrogen-bond donors (Lipinski definition) is 2. The van der Waals surface area contributed by atoms with Crippen molar-refractivity contribution in [2.75, 3.05) is 25.4 Å². The molecule has 3 aliphatic heterocycles. The van der Waals surface area contributed by atoms with Crippen molar-refractivity contribution in [3.63, 3.8) is 0 Å². The molecular formula is C15H29N3O2S. The van der Waals surface area contributed by atoms with Crippen LogP contribution in [0.3, 0.4) is 0 Å². The lowest BCUT2D eigenvalue weighted by Gasteiger charge is -2.32. The number of nitrogens with one attached hydrogen (secondary N) is 2. The molecule has 0 aliphatic carbocycles. The van der Waals surface area contributed by atoms with E-state index in [0.717, 1.165) is 45.3 Å². The van der Waals surface area contributed by atoms with Crippen LogP contribution < -0.4 is 10.0 Å². The molecule has 0 bridgehead atoms. The monoisotopic (exact) mass is 315 g/mol. The molecule has 6 heteroatoms. The van der Waals surface area contributed by atoms with Gasteiger partial charge in [-0.05, 0) is 51.6 Å². The van der Waals surface area contributed by atoms with Crippen molar-refractivity contribution in [2.45, 2.75) is 69.5 Å². The minimum atomic E-state index is -3.13. The molecule has 3 atom stereocenters. The third-order valence-electron chi connectivity index (χ3n) is 5.33. The summed E-state index contributed by atoms with van der Waals surface area (Å²) in [5.41, 5.74) is 0. The van der Waals surface area contributed by atoms with Gasteiger partial charge in [0, 0.05) is 24.7 Å². The number of fused-ring (bicyclic) bond motifs is 1.